The summed E-state index contributed by atoms with van der Waals surface area (Å²) >= 11 is 0. The Morgan fingerprint density at radius 2 is 1.73 bits per heavy atom. The number of carbonyl (C=O) groups excluding carboxylic acids is 3. The minimum Gasteiger partial charge on any atom is -0.497 e. The van der Waals surface area contributed by atoms with E-state index in [2.05, 4.69) is 23.4 Å². The van der Waals surface area contributed by atoms with Gasteiger partial charge in [0.15, 0.2) is 5.60 Å². The number of aliphatic hydroxyl groups excluding tert-OH is 1. The number of H-pyrrole nitrogens is 1. The number of ether oxygens (including phenoxy) is 2. The average molecular weight is 878 g/mol. The molecule has 0 bridgehead atoms. The fourth-order valence-electron chi connectivity index (χ4n) is 10.7. The monoisotopic (exact) mass is 877 g/mol. The summed E-state index contributed by atoms with van der Waals surface area (Å²) in [6.07, 6.45) is 1.71. The normalized spacial score (nSPS) is 21.5. The van der Waals surface area contributed by atoms with Gasteiger partial charge in [-0.2, -0.15) is 0 Å². The van der Waals surface area contributed by atoms with E-state index in [-0.39, 0.29) is 54.9 Å². The van der Waals surface area contributed by atoms with Crippen LogP contribution in [-0.4, -0.2) is 71.6 Å². The Morgan fingerprint density at radius 3 is 2.48 bits per heavy atom. The molecule has 5 atom stereocenters. The number of nitro groups is 1. The fraction of sp³-hybridized carbons (Fsp3) is 0.300. The molecular weight excluding hydrogens is 827 g/mol. The van der Waals surface area contributed by atoms with Gasteiger partial charge in [0.05, 0.1) is 63.9 Å². The third-order valence-electron chi connectivity index (χ3n) is 13.9. The van der Waals surface area contributed by atoms with Gasteiger partial charge in [0.2, 0.25) is 11.8 Å². The molecule has 64 heavy (non-hydrogen) atoms. The van der Waals surface area contributed by atoms with Crippen molar-refractivity contribution in [1.29, 1.82) is 0 Å². The molecule has 5 aromatic carbocycles. The van der Waals surface area contributed by atoms with Crippen molar-refractivity contribution in [3.05, 3.63) is 159 Å². The molecule has 1 fully saturated rings. The highest BCUT2D eigenvalue weighted by molar-refractivity contribution is 6.91. The molecule has 0 unspecified atom stereocenters. The van der Waals surface area contributed by atoms with Crippen LogP contribution in [0.5, 0.6) is 5.75 Å². The van der Waals surface area contributed by atoms with Crippen LogP contribution in [0.2, 0.25) is 18.6 Å². The summed E-state index contributed by atoms with van der Waals surface area (Å²) < 4.78 is 12.7. The van der Waals surface area contributed by atoms with Crippen LogP contribution in [-0.2, 0) is 50.7 Å². The van der Waals surface area contributed by atoms with Gasteiger partial charge in [-0.3, -0.25) is 24.5 Å². The number of nitrogens with one attached hydrogen (secondary N) is 2. The van der Waals surface area contributed by atoms with E-state index in [4.69, 9.17) is 9.47 Å². The molecule has 13 nitrogen and oxygen atoms in total. The summed E-state index contributed by atoms with van der Waals surface area (Å²) in [7, 11) is -1.08. The molecule has 3 N–H and O–H groups in total. The smallest absolute Gasteiger partial charge is 0.269 e. The number of aromatic nitrogens is 1. The largest absolute Gasteiger partial charge is 0.497 e. The predicted octanol–water partition coefficient (Wildman–Crippen LogP) is 7.36. The van der Waals surface area contributed by atoms with Crippen molar-refractivity contribution in [2.75, 3.05) is 23.9 Å². The summed E-state index contributed by atoms with van der Waals surface area (Å²) in [5.74, 6) is -0.591. The molecule has 9 rings (SSSR count). The van der Waals surface area contributed by atoms with Crippen LogP contribution >= 0.6 is 0 Å². The standard InChI is InChI=1S/C50H51N5O8Si/c1-31-48(64(3,4)40-19-17-39(62-2)18-20-40)45(26-47(58)53-29-34-12-6-5-11-33(34)23-38(53)30-56)63-50(31)42-25-37(55(60)61)16-21-44(42)54(49(50)59)28-32-10-9-13-36(22-32)52-46(57)24-35-27-51-43-15-8-7-14-41(35)43/h5-22,25,27,31,38,45,48,51,56H,23-24,26,28-30H2,1-4H3,(H,52,57)/t31-,38+,45+,48-,50+/m1/s1. The number of hydrogen-bond donors (Lipinski definition) is 3. The second kappa shape index (κ2) is 16.8. The summed E-state index contributed by atoms with van der Waals surface area (Å²) in [4.78, 5) is 62.0. The number of nitro benzene ring substituents is 1. The molecule has 6 aromatic rings. The van der Waals surface area contributed by atoms with Gasteiger partial charge in [0.1, 0.15) is 5.75 Å². The number of benzene rings is 5. The number of fused-ring (bicyclic) bond motifs is 4. The lowest BCUT2D eigenvalue weighted by atomic mass is 9.82. The van der Waals surface area contributed by atoms with E-state index in [0.717, 1.165) is 38.3 Å². The Balaban J connectivity index is 1.06. The Labute approximate surface area is 372 Å². The quantitative estimate of drug-likeness (QED) is 0.0652. The molecule has 3 aliphatic heterocycles. The number of aromatic amines is 1. The van der Waals surface area contributed by atoms with E-state index in [1.165, 1.54) is 12.1 Å². The van der Waals surface area contributed by atoms with E-state index in [1.807, 2.05) is 104 Å². The van der Waals surface area contributed by atoms with Gasteiger partial charge >= 0.3 is 0 Å². The van der Waals surface area contributed by atoms with Gasteiger partial charge < -0.3 is 34.7 Å². The molecule has 1 saturated heterocycles. The predicted molar refractivity (Wildman–Crippen MR) is 247 cm³/mol. The topological polar surface area (TPSA) is 167 Å². The molecule has 1 spiro atoms. The maximum Gasteiger partial charge on any atom is 0.269 e. The first-order valence-corrected chi connectivity index (χ1v) is 24.7. The number of carbonyl (C=O) groups is 3. The summed E-state index contributed by atoms with van der Waals surface area (Å²) in [5, 5.41) is 28.0. The zero-order valence-corrected chi connectivity index (χ0v) is 37.2. The molecule has 0 saturated carbocycles. The van der Waals surface area contributed by atoms with Crippen molar-refractivity contribution >= 4 is 58.9 Å². The van der Waals surface area contributed by atoms with Gasteiger partial charge in [-0.25, -0.2) is 0 Å². The summed E-state index contributed by atoms with van der Waals surface area (Å²) in [6.45, 7) is 6.63. The first-order chi connectivity index (χ1) is 30.8. The minimum absolute atomic E-state index is 0.0557. The molecule has 3 aliphatic rings. The van der Waals surface area contributed by atoms with Gasteiger partial charge in [0.25, 0.3) is 11.6 Å². The molecule has 1 aromatic heterocycles. The minimum atomic E-state index is -2.69. The summed E-state index contributed by atoms with van der Waals surface area (Å²) in [6, 6.07) is 35.0. The average Bonchev–Trinajstić information content (AvgIpc) is 3.91. The highest BCUT2D eigenvalue weighted by atomic mass is 28.3. The number of nitrogens with zero attached hydrogens (tertiary/aromatic N) is 3. The number of aliphatic hydroxyl groups is 1. The van der Waals surface area contributed by atoms with Crippen LogP contribution < -0.4 is 20.1 Å². The number of anilines is 2. The molecule has 3 amide bonds. The van der Waals surface area contributed by atoms with Gasteiger partial charge in [-0.05, 0) is 70.6 Å². The zero-order valence-electron chi connectivity index (χ0n) is 36.2. The fourth-order valence-corrected chi connectivity index (χ4v) is 14.7. The van der Waals surface area contributed by atoms with Crippen molar-refractivity contribution in [2.24, 2.45) is 5.92 Å². The first-order valence-electron chi connectivity index (χ1n) is 21.7. The molecule has 0 aliphatic carbocycles. The second-order valence-corrected chi connectivity index (χ2v) is 22.5. The third-order valence-corrected chi connectivity index (χ3v) is 18.2. The number of non-ortho nitro benzene ring substituents is 1. The highest BCUT2D eigenvalue weighted by Crippen LogP contribution is 2.60. The maximum absolute atomic E-state index is 15.5. The van der Waals surface area contributed by atoms with Crippen LogP contribution in [0.4, 0.5) is 17.1 Å². The lowest BCUT2D eigenvalue weighted by Gasteiger charge is -2.39. The lowest BCUT2D eigenvalue weighted by Crippen LogP contribution is -2.52. The van der Waals surface area contributed by atoms with Crippen LogP contribution in [0.3, 0.4) is 0 Å². The van der Waals surface area contributed by atoms with Crippen LogP contribution in [0.1, 0.15) is 41.2 Å². The van der Waals surface area contributed by atoms with Crippen molar-refractivity contribution < 1.29 is 33.9 Å². The molecule has 4 heterocycles. The van der Waals surface area contributed by atoms with Crippen LogP contribution in [0.25, 0.3) is 10.9 Å². The van der Waals surface area contributed by atoms with E-state index < -0.39 is 36.7 Å². The van der Waals surface area contributed by atoms with Crippen molar-refractivity contribution in [2.45, 2.75) is 75.7 Å². The number of rotatable bonds is 12. The van der Waals surface area contributed by atoms with Crippen molar-refractivity contribution in [1.82, 2.24) is 9.88 Å². The van der Waals surface area contributed by atoms with Crippen molar-refractivity contribution in [3.8, 4) is 5.75 Å². The third kappa shape index (κ3) is 7.44. The number of hydrogen-bond acceptors (Lipinski definition) is 8. The van der Waals surface area contributed by atoms with Crippen molar-refractivity contribution in [3.63, 3.8) is 0 Å². The lowest BCUT2D eigenvalue weighted by molar-refractivity contribution is -0.385. The number of methoxy groups -OCH3 is 1. The van der Waals surface area contributed by atoms with Gasteiger partial charge in [-0.15, -0.1) is 0 Å². The van der Waals surface area contributed by atoms with Crippen LogP contribution in [0.15, 0.2) is 121 Å². The van der Waals surface area contributed by atoms with E-state index in [0.29, 0.717) is 35.7 Å². The Kier molecular flexibility index (Phi) is 11.2. The van der Waals surface area contributed by atoms with E-state index in [1.54, 1.807) is 29.0 Å². The first kappa shape index (κ1) is 42.7. The van der Waals surface area contributed by atoms with E-state index >= 15 is 4.79 Å². The molecular formula is C50H51N5O8Si. The van der Waals surface area contributed by atoms with E-state index in [9.17, 15) is 24.8 Å². The summed E-state index contributed by atoms with van der Waals surface area (Å²) in [5.41, 5.74) is 3.94. The van der Waals surface area contributed by atoms with Gasteiger partial charge in [0, 0.05) is 52.9 Å². The Hall–Kier alpha value is -6.61. The zero-order chi connectivity index (χ0) is 44.9. The maximum atomic E-state index is 15.5. The Morgan fingerprint density at radius 1 is 0.984 bits per heavy atom. The van der Waals surface area contributed by atoms with Gasteiger partial charge in [-0.1, -0.05) is 91.9 Å². The number of para-hydroxylation sites is 1. The molecule has 328 valence electrons. The SMILES string of the molecule is COc1ccc([Si](C)(C)[C@H]2[C@H](CC(=O)N3Cc4ccccc4C[C@H]3CO)O[C@@]3(C(=O)N(Cc4cccc(NC(=O)Cc5c[nH]c6ccccc56)c4)c4ccc([N+](=O)[O-])cc43)[C@@H]2C)cc1. The molecule has 14 heteroatoms. The van der Waals surface area contributed by atoms with Crippen LogP contribution in [0, 0.1) is 16.0 Å². The molecule has 0 radical (unpaired) electrons. The Bertz CT molecular complexity index is 2790. The second-order valence-electron chi connectivity index (χ2n) is 17.8. The highest BCUT2D eigenvalue weighted by Gasteiger charge is 2.67. The number of amides is 3.